The molecule has 9 heteroatoms. The molecule has 0 radical (unpaired) electrons. The van der Waals surface area contributed by atoms with Crippen LogP contribution in [0.1, 0.15) is 322 Å². The Kier molecular flexibility index (Phi) is 53.1. The van der Waals surface area contributed by atoms with Gasteiger partial charge in [-0.1, -0.05) is 294 Å². The van der Waals surface area contributed by atoms with Gasteiger partial charge in [0, 0.05) is 6.42 Å². The predicted octanol–water partition coefficient (Wildman–Crippen LogP) is 17.1. The van der Waals surface area contributed by atoms with Crippen LogP contribution in [0.2, 0.25) is 0 Å². The second-order valence-electron chi connectivity index (χ2n) is 22.9. The summed E-state index contributed by atoms with van der Waals surface area (Å²) in [6.07, 6.45) is 67.2. The molecule has 7 unspecified atom stereocenters. The fraction of sp³-hybridized carbons (Fsp3) is 0.894. The number of aliphatic hydroxyl groups excluding tert-OH is 5. The maximum atomic E-state index is 13.0. The molecule has 0 aromatic heterocycles. The van der Waals surface area contributed by atoms with Crippen LogP contribution in [0.4, 0.5) is 0 Å². The van der Waals surface area contributed by atoms with Crippen LogP contribution >= 0.6 is 0 Å². The van der Waals surface area contributed by atoms with Gasteiger partial charge in [-0.25, -0.2) is 0 Å². The van der Waals surface area contributed by atoms with Crippen molar-refractivity contribution in [1.82, 2.24) is 5.32 Å². The number of amides is 1. The van der Waals surface area contributed by atoms with Crippen LogP contribution in [-0.4, -0.2) is 87.5 Å². The maximum absolute atomic E-state index is 13.0. The van der Waals surface area contributed by atoms with Crippen molar-refractivity contribution >= 4 is 5.91 Å². The number of ether oxygens (including phenoxy) is 2. The lowest BCUT2D eigenvalue weighted by Crippen LogP contribution is -2.60. The first-order valence-corrected chi connectivity index (χ1v) is 32.7. The molecule has 0 aromatic rings. The van der Waals surface area contributed by atoms with Gasteiger partial charge in [0.05, 0.1) is 25.4 Å². The molecule has 1 saturated heterocycles. The van der Waals surface area contributed by atoms with E-state index < -0.39 is 49.5 Å². The fourth-order valence-corrected chi connectivity index (χ4v) is 10.5. The van der Waals surface area contributed by atoms with E-state index in [1.54, 1.807) is 6.08 Å². The Bertz CT molecular complexity index is 1270. The third kappa shape index (κ3) is 44.9. The molecular weight excluding hydrogens is 935 g/mol. The van der Waals surface area contributed by atoms with E-state index in [2.05, 4.69) is 43.5 Å². The molecule has 1 heterocycles. The Morgan fingerprint density at radius 3 is 1.12 bits per heavy atom. The third-order valence-electron chi connectivity index (χ3n) is 15.7. The van der Waals surface area contributed by atoms with Gasteiger partial charge in [-0.15, -0.1) is 0 Å². The van der Waals surface area contributed by atoms with Crippen molar-refractivity contribution in [2.24, 2.45) is 0 Å². The quantitative estimate of drug-likeness (QED) is 0.0261. The fourth-order valence-electron chi connectivity index (χ4n) is 10.5. The molecule has 1 fully saturated rings. The Labute approximate surface area is 463 Å². The molecule has 6 N–H and O–H groups in total. The zero-order valence-corrected chi connectivity index (χ0v) is 49.3. The number of rotatable bonds is 57. The van der Waals surface area contributed by atoms with E-state index in [1.165, 1.54) is 263 Å². The molecule has 0 saturated carbocycles. The highest BCUT2D eigenvalue weighted by atomic mass is 16.7. The first kappa shape index (κ1) is 71.4. The maximum Gasteiger partial charge on any atom is 0.220 e. The molecule has 442 valence electrons. The van der Waals surface area contributed by atoms with Crippen molar-refractivity contribution in [3.05, 3.63) is 36.5 Å². The minimum atomic E-state index is -1.57. The number of hydrogen-bond acceptors (Lipinski definition) is 8. The van der Waals surface area contributed by atoms with Crippen LogP contribution in [-0.2, 0) is 14.3 Å². The van der Waals surface area contributed by atoms with Crippen molar-refractivity contribution in [3.8, 4) is 0 Å². The molecule has 0 bridgehead atoms. The van der Waals surface area contributed by atoms with Gasteiger partial charge >= 0.3 is 0 Å². The van der Waals surface area contributed by atoms with Gasteiger partial charge in [-0.2, -0.15) is 0 Å². The van der Waals surface area contributed by atoms with Crippen LogP contribution in [0.3, 0.4) is 0 Å². The monoisotopic (exact) mass is 1060 g/mol. The summed E-state index contributed by atoms with van der Waals surface area (Å²) in [5, 5.41) is 54.3. The van der Waals surface area contributed by atoms with Gasteiger partial charge in [0.15, 0.2) is 6.29 Å². The Morgan fingerprint density at radius 1 is 0.440 bits per heavy atom. The molecule has 1 aliphatic rings. The molecular formula is C66H125NO8. The number of carbonyl (C=O) groups excluding carboxylic acids is 1. The largest absolute Gasteiger partial charge is 0.394 e. The first-order chi connectivity index (χ1) is 36.8. The summed E-state index contributed by atoms with van der Waals surface area (Å²) >= 11 is 0. The number of hydrogen-bond donors (Lipinski definition) is 6. The highest BCUT2D eigenvalue weighted by Gasteiger charge is 2.44. The Balaban J connectivity index is 1.98. The zero-order valence-electron chi connectivity index (χ0n) is 49.3. The molecule has 0 aliphatic carbocycles. The summed E-state index contributed by atoms with van der Waals surface area (Å²) in [5.41, 5.74) is 0. The summed E-state index contributed by atoms with van der Waals surface area (Å²) in [7, 11) is 0. The molecule has 1 aliphatic heterocycles. The van der Waals surface area contributed by atoms with Gasteiger partial charge in [0.25, 0.3) is 0 Å². The number of nitrogens with one attached hydrogen (secondary N) is 1. The van der Waals surface area contributed by atoms with Crippen molar-refractivity contribution in [2.75, 3.05) is 13.2 Å². The highest BCUT2D eigenvalue weighted by Crippen LogP contribution is 2.23. The smallest absolute Gasteiger partial charge is 0.220 e. The number of aliphatic hydroxyl groups is 5. The topological polar surface area (TPSA) is 149 Å². The van der Waals surface area contributed by atoms with Gasteiger partial charge in [-0.05, 0) is 57.8 Å². The van der Waals surface area contributed by atoms with Crippen molar-refractivity contribution < 1.29 is 39.8 Å². The summed E-state index contributed by atoms with van der Waals surface area (Å²) in [6, 6.07) is -0.818. The summed E-state index contributed by atoms with van der Waals surface area (Å²) < 4.78 is 11.2. The molecule has 9 nitrogen and oxygen atoms in total. The van der Waals surface area contributed by atoms with E-state index >= 15 is 0 Å². The third-order valence-corrected chi connectivity index (χ3v) is 15.7. The van der Waals surface area contributed by atoms with E-state index in [0.29, 0.717) is 6.42 Å². The predicted molar refractivity (Wildman–Crippen MR) is 318 cm³/mol. The lowest BCUT2D eigenvalue weighted by Gasteiger charge is -2.40. The molecule has 75 heavy (non-hydrogen) atoms. The van der Waals surface area contributed by atoms with Crippen molar-refractivity contribution in [3.63, 3.8) is 0 Å². The lowest BCUT2D eigenvalue weighted by atomic mass is 9.99. The van der Waals surface area contributed by atoms with E-state index in [0.717, 1.165) is 38.5 Å². The van der Waals surface area contributed by atoms with Crippen LogP contribution in [0.25, 0.3) is 0 Å². The minimum Gasteiger partial charge on any atom is -0.394 e. The van der Waals surface area contributed by atoms with Crippen LogP contribution in [0, 0.1) is 0 Å². The molecule has 1 amide bonds. The van der Waals surface area contributed by atoms with Crippen molar-refractivity contribution in [2.45, 2.75) is 365 Å². The normalized spacial score (nSPS) is 19.1. The molecule has 0 aromatic carbocycles. The van der Waals surface area contributed by atoms with E-state index in [-0.39, 0.29) is 12.5 Å². The van der Waals surface area contributed by atoms with Crippen LogP contribution in [0.5, 0.6) is 0 Å². The Hall–Kier alpha value is -1.59. The van der Waals surface area contributed by atoms with Crippen molar-refractivity contribution in [1.29, 1.82) is 0 Å². The average molecular weight is 1060 g/mol. The van der Waals surface area contributed by atoms with E-state index in [4.69, 9.17) is 9.47 Å². The van der Waals surface area contributed by atoms with Gasteiger partial charge in [0.1, 0.15) is 24.4 Å². The molecule has 1 rings (SSSR count). The number of unbranched alkanes of at least 4 members (excludes halogenated alkanes) is 43. The summed E-state index contributed by atoms with van der Waals surface area (Å²) in [5.74, 6) is -0.183. The number of allylic oxidation sites excluding steroid dienone is 5. The van der Waals surface area contributed by atoms with Gasteiger partial charge < -0.3 is 40.3 Å². The second-order valence-corrected chi connectivity index (χ2v) is 22.9. The first-order valence-electron chi connectivity index (χ1n) is 32.7. The lowest BCUT2D eigenvalue weighted by molar-refractivity contribution is -0.302. The highest BCUT2D eigenvalue weighted by molar-refractivity contribution is 5.76. The SMILES string of the molecule is CCCCCCC/C=C/CC/C=C/C(O)C(COC1OC(CO)C(O)C(O)C1O)NC(=O)CCCCCCCCCCCCCCCCCCCCCCCCCCCCCCC/C=C\CCCCCCCCCC. The van der Waals surface area contributed by atoms with Gasteiger partial charge in [-0.3, -0.25) is 4.79 Å². The number of carbonyl (C=O) groups is 1. The Morgan fingerprint density at radius 2 is 0.760 bits per heavy atom. The zero-order chi connectivity index (χ0) is 54.3. The van der Waals surface area contributed by atoms with Crippen LogP contribution in [0.15, 0.2) is 36.5 Å². The van der Waals surface area contributed by atoms with E-state index in [9.17, 15) is 30.3 Å². The van der Waals surface area contributed by atoms with E-state index in [1.807, 2.05) is 6.08 Å². The average Bonchev–Trinajstić information content (AvgIpc) is 3.41. The standard InChI is InChI=1S/C66H125NO8/c1-3-5-7-9-11-13-15-16-17-18-19-20-21-22-23-24-25-26-27-28-29-30-31-32-33-34-35-36-37-38-39-40-41-42-43-44-46-48-50-52-54-56-62(70)67-59(58-74-66-65(73)64(72)63(71)61(57-68)75-66)60(69)55-53-51-49-47-45-14-12-10-8-6-4-2/h18-19,45,47,53,55,59-61,63-66,68-69,71-73H,3-17,20-44,46,48-52,54,56-58H2,1-2H3,(H,67,70)/b19-18-,47-45+,55-53+. The molecule has 7 atom stereocenters. The second kappa shape index (κ2) is 55.7. The van der Waals surface area contributed by atoms with Crippen LogP contribution < -0.4 is 5.32 Å². The minimum absolute atomic E-state index is 0.183. The molecule has 0 spiro atoms. The summed E-state index contributed by atoms with van der Waals surface area (Å²) in [4.78, 5) is 13.0. The summed E-state index contributed by atoms with van der Waals surface area (Å²) in [6.45, 7) is 3.76. The van der Waals surface area contributed by atoms with Gasteiger partial charge in [0.2, 0.25) is 5.91 Å².